The Morgan fingerprint density at radius 1 is 1.32 bits per heavy atom. The lowest BCUT2D eigenvalue weighted by atomic mass is 9.90. The van der Waals surface area contributed by atoms with Gasteiger partial charge in [-0.2, -0.15) is 0 Å². The number of nitrogens with zero attached hydrogens (tertiary/aromatic N) is 1. The number of rotatable bonds is 5. The summed E-state index contributed by atoms with van der Waals surface area (Å²) in [6.07, 6.45) is -3.47. The van der Waals surface area contributed by atoms with E-state index in [-0.39, 0.29) is 18.6 Å². The van der Waals surface area contributed by atoms with Gasteiger partial charge >= 0.3 is 6.36 Å². The van der Waals surface area contributed by atoms with Crippen LogP contribution in [0.3, 0.4) is 0 Å². The van der Waals surface area contributed by atoms with Crippen LogP contribution in [0.2, 0.25) is 0 Å². The van der Waals surface area contributed by atoms with Crippen LogP contribution in [0.25, 0.3) is 0 Å². The highest BCUT2D eigenvalue weighted by Crippen LogP contribution is 2.27. The van der Waals surface area contributed by atoms with Gasteiger partial charge in [0.1, 0.15) is 0 Å². The largest absolute Gasteiger partial charge is 0.522 e. The quantitative estimate of drug-likeness (QED) is 0.840. The van der Waals surface area contributed by atoms with E-state index in [1.807, 2.05) is 25.8 Å². The first-order valence-electron chi connectivity index (χ1n) is 6.81. The van der Waals surface area contributed by atoms with Gasteiger partial charge in [0.25, 0.3) is 0 Å². The zero-order chi connectivity index (χ0) is 15.1. The number of hydrogen-bond acceptors (Lipinski definition) is 3. The second-order valence-corrected chi connectivity index (χ2v) is 5.50. The van der Waals surface area contributed by atoms with Crippen molar-refractivity contribution in [2.75, 3.05) is 33.3 Å². The maximum Gasteiger partial charge on any atom is 0.522 e. The van der Waals surface area contributed by atoms with E-state index >= 15 is 0 Å². The van der Waals surface area contributed by atoms with E-state index in [0.29, 0.717) is 6.04 Å². The number of halogens is 3. The van der Waals surface area contributed by atoms with Crippen LogP contribution in [-0.4, -0.2) is 50.6 Å². The molecule has 1 rings (SSSR count). The predicted octanol–water partition coefficient (Wildman–Crippen LogP) is 2.87. The maximum atomic E-state index is 11.8. The Balaban J connectivity index is 0.00000154. The van der Waals surface area contributed by atoms with Gasteiger partial charge in [0.15, 0.2) is 0 Å². The van der Waals surface area contributed by atoms with Crippen LogP contribution in [0.5, 0.6) is 0 Å². The summed E-state index contributed by atoms with van der Waals surface area (Å²) < 4.78 is 39.0. The van der Waals surface area contributed by atoms with Gasteiger partial charge < -0.3 is 10.2 Å². The molecule has 1 fully saturated rings. The number of nitrogens with one attached hydrogen (secondary N) is 1. The second kappa shape index (κ2) is 8.07. The molecule has 1 saturated heterocycles. The van der Waals surface area contributed by atoms with E-state index in [1.165, 1.54) is 0 Å². The van der Waals surface area contributed by atoms with Gasteiger partial charge in [0.2, 0.25) is 0 Å². The molecule has 0 aromatic rings. The molecule has 116 valence electrons. The van der Waals surface area contributed by atoms with Crippen molar-refractivity contribution in [2.45, 2.75) is 46.5 Å². The van der Waals surface area contributed by atoms with Crippen LogP contribution in [0.1, 0.15) is 34.1 Å². The minimum atomic E-state index is -4.52. The van der Waals surface area contributed by atoms with Crippen molar-refractivity contribution in [3.05, 3.63) is 0 Å². The van der Waals surface area contributed by atoms with E-state index in [0.717, 1.165) is 19.5 Å². The van der Waals surface area contributed by atoms with Crippen LogP contribution in [-0.2, 0) is 4.74 Å². The van der Waals surface area contributed by atoms with Gasteiger partial charge in [-0.25, -0.2) is 0 Å². The van der Waals surface area contributed by atoms with E-state index in [9.17, 15) is 13.2 Å². The van der Waals surface area contributed by atoms with Crippen LogP contribution >= 0.6 is 0 Å². The second-order valence-electron chi connectivity index (χ2n) is 5.50. The molecule has 1 aliphatic rings. The zero-order valence-electron chi connectivity index (χ0n) is 12.6. The Morgan fingerprint density at radius 2 is 1.89 bits per heavy atom. The highest BCUT2D eigenvalue weighted by molar-refractivity contribution is 4.88. The molecule has 0 saturated carbocycles. The average Bonchev–Trinajstić information content (AvgIpc) is 2.59. The minimum Gasteiger partial charge on any atom is -0.312 e. The van der Waals surface area contributed by atoms with E-state index in [4.69, 9.17) is 0 Å². The summed E-state index contributed by atoms with van der Waals surface area (Å²) in [5, 5.41) is 3.38. The number of hydrogen-bond donors (Lipinski definition) is 1. The standard InChI is InChI=1S/C11H21F3N2O.C2H6/c1-10(2)6-9(15-8-10)7-16(3)4-5-17-11(12,13)14;1-2/h9,15H,4-8H2,1-3H3;1-2H3. The molecular formula is C13H27F3N2O. The van der Waals surface area contributed by atoms with Crippen molar-refractivity contribution in [2.24, 2.45) is 5.41 Å². The van der Waals surface area contributed by atoms with E-state index < -0.39 is 6.36 Å². The molecule has 6 heteroatoms. The lowest BCUT2D eigenvalue weighted by Gasteiger charge is -2.22. The van der Waals surface area contributed by atoms with Gasteiger partial charge in [0, 0.05) is 25.7 Å². The molecule has 0 amide bonds. The molecule has 19 heavy (non-hydrogen) atoms. The normalized spacial score (nSPS) is 22.3. The van der Waals surface area contributed by atoms with Crippen molar-refractivity contribution in [3.63, 3.8) is 0 Å². The van der Waals surface area contributed by atoms with Crippen molar-refractivity contribution >= 4 is 0 Å². The summed E-state index contributed by atoms with van der Waals surface area (Å²) in [6, 6.07) is 0.362. The minimum absolute atomic E-state index is 0.286. The average molecular weight is 284 g/mol. The highest BCUT2D eigenvalue weighted by atomic mass is 19.4. The molecule has 0 aliphatic carbocycles. The zero-order valence-corrected chi connectivity index (χ0v) is 12.6. The molecule has 1 unspecified atom stereocenters. The molecule has 0 aromatic carbocycles. The molecule has 0 spiro atoms. The van der Waals surface area contributed by atoms with Gasteiger partial charge in [-0.15, -0.1) is 13.2 Å². The molecule has 0 aromatic heterocycles. The molecule has 1 aliphatic heterocycles. The van der Waals surface area contributed by atoms with Crippen LogP contribution in [0.15, 0.2) is 0 Å². The topological polar surface area (TPSA) is 24.5 Å². The summed E-state index contributed by atoms with van der Waals surface area (Å²) in [6.45, 7) is 10.1. The molecule has 1 N–H and O–H groups in total. The summed E-state index contributed by atoms with van der Waals surface area (Å²) in [5.41, 5.74) is 0.286. The molecule has 0 bridgehead atoms. The van der Waals surface area contributed by atoms with Crippen molar-refractivity contribution in [1.29, 1.82) is 0 Å². The van der Waals surface area contributed by atoms with Crippen LogP contribution in [0.4, 0.5) is 13.2 Å². The summed E-state index contributed by atoms with van der Waals surface area (Å²) in [4.78, 5) is 1.87. The van der Waals surface area contributed by atoms with Crippen molar-refractivity contribution in [1.82, 2.24) is 10.2 Å². The third kappa shape index (κ3) is 9.24. The van der Waals surface area contributed by atoms with Crippen molar-refractivity contribution < 1.29 is 17.9 Å². The number of alkyl halides is 3. The Labute approximate surface area is 114 Å². The van der Waals surface area contributed by atoms with Gasteiger partial charge in [-0.05, 0) is 18.9 Å². The Hall–Kier alpha value is -0.330. The van der Waals surface area contributed by atoms with Crippen molar-refractivity contribution in [3.8, 4) is 0 Å². The summed E-state index contributed by atoms with van der Waals surface area (Å²) in [7, 11) is 1.81. The molecule has 0 radical (unpaired) electrons. The molecular weight excluding hydrogens is 257 g/mol. The lowest BCUT2D eigenvalue weighted by molar-refractivity contribution is -0.324. The smallest absolute Gasteiger partial charge is 0.312 e. The lowest BCUT2D eigenvalue weighted by Crippen LogP contribution is -2.37. The fourth-order valence-electron chi connectivity index (χ4n) is 2.15. The predicted molar refractivity (Wildman–Crippen MR) is 71.0 cm³/mol. The highest BCUT2D eigenvalue weighted by Gasteiger charge is 2.31. The van der Waals surface area contributed by atoms with Crippen LogP contribution in [0, 0.1) is 5.41 Å². The molecule has 1 atom stereocenters. The Kier molecular flexibility index (Phi) is 7.93. The fraction of sp³-hybridized carbons (Fsp3) is 1.00. The van der Waals surface area contributed by atoms with E-state index in [1.54, 1.807) is 0 Å². The maximum absolute atomic E-state index is 11.8. The van der Waals surface area contributed by atoms with Gasteiger partial charge in [-0.3, -0.25) is 4.74 Å². The molecule has 3 nitrogen and oxygen atoms in total. The summed E-state index contributed by atoms with van der Waals surface area (Å²) in [5.74, 6) is 0. The Bertz CT molecular complexity index is 245. The number of likely N-dealkylation sites (N-methyl/N-ethyl adjacent to an activating group) is 1. The Morgan fingerprint density at radius 3 is 2.32 bits per heavy atom. The van der Waals surface area contributed by atoms with Crippen LogP contribution < -0.4 is 5.32 Å². The first-order chi connectivity index (χ1) is 8.68. The SMILES string of the molecule is CC.CN(CCOC(F)(F)F)CC1CC(C)(C)CN1. The first-order valence-corrected chi connectivity index (χ1v) is 6.81. The monoisotopic (exact) mass is 284 g/mol. The summed E-state index contributed by atoms with van der Waals surface area (Å²) >= 11 is 0. The first kappa shape index (κ1) is 18.7. The van der Waals surface area contributed by atoms with Gasteiger partial charge in [0.05, 0.1) is 6.61 Å². The number of ether oxygens (including phenoxy) is 1. The fourth-order valence-corrected chi connectivity index (χ4v) is 2.15. The van der Waals surface area contributed by atoms with Gasteiger partial charge in [-0.1, -0.05) is 27.7 Å². The third-order valence-electron chi connectivity index (χ3n) is 2.94. The molecule has 1 heterocycles. The van der Waals surface area contributed by atoms with E-state index in [2.05, 4.69) is 23.9 Å². The third-order valence-corrected chi connectivity index (χ3v) is 2.94.